The fraction of sp³-hybridized carbons (Fsp3) is 0.500. The molecule has 0 radical (unpaired) electrons. The van der Waals surface area contributed by atoms with Crippen LogP contribution in [0.25, 0.3) is 11.0 Å². The van der Waals surface area contributed by atoms with E-state index in [4.69, 9.17) is 10.5 Å². The summed E-state index contributed by atoms with van der Waals surface area (Å²) in [5.41, 5.74) is 4.28. The van der Waals surface area contributed by atoms with Gasteiger partial charge in [-0.25, -0.2) is 9.97 Å². The smallest absolute Gasteiger partial charge is 0.423 e. The van der Waals surface area contributed by atoms with E-state index in [-0.39, 0.29) is 22.3 Å². The molecule has 11 heteroatoms. The molecule has 23 heavy (non-hydrogen) atoms. The van der Waals surface area contributed by atoms with Crippen LogP contribution in [0.4, 0.5) is 5.82 Å². The molecule has 3 rings (SSSR count). The predicted molar refractivity (Wildman–Crippen MR) is 79.4 cm³/mol. The molecule has 4 atom stereocenters. The normalized spacial score (nSPS) is 31.0. The first-order valence-corrected chi connectivity index (χ1v) is 6.92. The third-order valence-electron chi connectivity index (χ3n) is 4.13. The van der Waals surface area contributed by atoms with Crippen LogP contribution in [0.2, 0.25) is 0 Å². The van der Waals surface area contributed by atoms with Crippen molar-refractivity contribution in [3.8, 4) is 0 Å². The Morgan fingerprint density at radius 3 is 2.70 bits per heavy atom. The van der Waals surface area contributed by atoms with Crippen LogP contribution < -0.4 is 11.2 Å². The van der Waals surface area contributed by atoms with E-state index in [0.717, 1.165) is 0 Å². The predicted octanol–water partition coefficient (Wildman–Crippen LogP) is -3.31. The van der Waals surface area contributed by atoms with Crippen LogP contribution in [-0.4, -0.2) is 71.4 Å². The molecule has 0 spiro atoms. The van der Waals surface area contributed by atoms with Crippen molar-refractivity contribution in [2.24, 2.45) is 0 Å². The number of hydrogen-bond acceptors (Lipinski definition) is 9. The molecule has 0 amide bonds. The van der Waals surface area contributed by atoms with Crippen molar-refractivity contribution in [1.29, 1.82) is 0 Å². The topological polar surface area (TPSA) is 167 Å². The van der Waals surface area contributed by atoms with E-state index in [1.807, 2.05) is 0 Å². The van der Waals surface area contributed by atoms with Crippen molar-refractivity contribution in [3.63, 3.8) is 0 Å². The molecule has 1 aliphatic rings. The van der Waals surface area contributed by atoms with Gasteiger partial charge in [-0.2, -0.15) is 0 Å². The zero-order valence-corrected chi connectivity index (χ0v) is 12.2. The van der Waals surface area contributed by atoms with E-state index in [1.54, 1.807) is 0 Å². The first kappa shape index (κ1) is 16.1. The number of aliphatic hydroxyl groups is 3. The standard InChI is InChI=1S/C12H17BN4O6/c1-12(20)8(19)6(3-18)23-11(12)17-2-5(13(21)22)7-9(14)15-4-16-10(7)17/h2,4,6,8,11,18-22H,3H2,1H3,(H2,14,15,16)/t6?,8-,11?,12?/m1/s1. The number of nitrogens with two attached hydrogens (primary N) is 1. The highest BCUT2D eigenvalue weighted by atomic mass is 16.6. The van der Waals surface area contributed by atoms with Crippen molar-refractivity contribution < 1.29 is 30.1 Å². The van der Waals surface area contributed by atoms with Crippen molar-refractivity contribution in [3.05, 3.63) is 12.5 Å². The maximum atomic E-state index is 10.5. The SMILES string of the molecule is CC1(O)C(n2cc(B(O)O)c3c(N)ncnc32)OC(CO)[C@H]1O. The van der Waals surface area contributed by atoms with Crippen molar-refractivity contribution in [2.75, 3.05) is 12.3 Å². The lowest BCUT2D eigenvalue weighted by atomic mass is 9.80. The van der Waals surface area contributed by atoms with Gasteiger partial charge in [0.2, 0.25) is 0 Å². The van der Waals surface area contributed by atoms with Gasteiger partial charge in [0.05, 0.1) is 12.0 Å². The van der Waals surface area contributed by atoms with Crippen LogP contribution in [0.5, 0.6) is 0 Å². The highest BCUT2D eigenvalue weighted by Crippen LogP contribution is 2.39. The van der Waals surface area contributed by atoms with Gasteiger partial charge in [0, 0.05) is 11.7 Å². The third kappa shape index (κ3) is 2.29. The first-order valence-electron chi connectivity index (χ1n) is 6.92. The number of fused-ring (bicyclic) bond motifs is 1. The molecule has 0 saturated carbocycles. The van der Waals surface area contributed by atoms with Gasteiger partial charge in [-0.15, -0.1) is 0 Å². The first-order chi connectivity index (χ1) is 10.8. The van der Waals surface area contributed by atoms with Gasteiger partial charge in [-0.1, -0.05) is 0 Å². The van der Waals surface area contributed by atoms with E-state index in [2.05, 4.69) is 9.97 Å². The number of hydrogen-bond donors (Lipinski definition) is 6. The maximum absolute atomic E-state index is 10.5. The number of anilines is 1. The Hall–Kier alpha value is -1.76. The Morgan fingerprint density at radius 2 is 2.13 bits per heavy atom. The summed E-state index contributed by atoms with van der Waals surface area (Å²) in [7, 11) is -1.84. The van der Waals surface area contributed by atoms with Crippen LogP contribution in [0.15, 0.2) is 12.5 Å². The molecule has 3 unspecified atom stereocenters. The average Bonchev–Trinajstić information content (AvgIpc) is 2.97. The summed E-state index contributed by atoms with van der Waals surface area (Å²) in [6, 6.07) is 0. The Kier molecular flexibility index (Phi) is 3.79. The Balaban J connectivity index is 2.19. The second-order valence-corrected chi connectivity index (χ2v) is 5.70. The fourth-order valence-electron chi connectivity index (χ4n) is 2.90. The van der Waals surface area contributed by atoms with Crippen LogP contribution in [0.1, 0.15) is 13.2 Å². The summed E-state index contributed by atoms with van der Waals surface area (Å²) >= 11 is 0. The molecule has 1 aliphatic heterocycles. The minimum atomic E-state index is -1.84. The average molecular weight is 324 g/mol. The van der Waals surface area contributed by atoms with Crippen LogP contribution >= 0.6 is 0 Å². The molecule has 7 N–H and O–H groups in total. The zero-order valence-electron chi connectivity index (χ0n) is 12.2. The summed E-state index contributed by atoms with van der Waals surface area (Å²) in [5.74, 6) is 0.0359. The minimum absolute atomic E-state index is 0.0359. The molecule has 0 bridgehead atoms. The molecule has 1 fully saturated rings. The monoisotopic (exact) mass is 324 g/mol. The lowest BCUT2D eigenvalue weighted by Crippen LogP contribution is -2.44. The zero-order chi connectivity index (χ0) is 16.9. The van der Waals surface area contributed by atoms with Gasteiger partial charge in [-0.05, 0) is 6.92 Å². The highest BCUT2D eigenvalue weighted by molar-refractivity contribution is 6.62. The summed E-state index contributed by atoms with van der Waals surface area (Å²) in [6.07, 6.45) is -0.943. The molecule has 10 nitrogen and oxygen atoms in total. The molecule has 124 valence electrons. The summed E-state index contributed by atoms with van der Waals surface area (Å²) < 4.78 is 6.85. The van der Waals surface area contributed by atoms with Gasteiger partial charge in [0.15, 0.2) is 6.23 Å². The van der Waals surface area contributed by atoms with Gasteiger partial charge in [0.1, 0.15) is 35.6 Å². The van der Waals surface area contributed by atoms with Gasteiger partial charge < -0.3 is 40.4 Å². The molecule has 0 aromatic carbocycles. The number of aliphatic hydroxyl groups excluding tert-OH is 2. The van der Waals surface area contributed by atoms with Crippen molar-refractivity contribution >= 4 is 29.4 Å². The maximum Gasteiger partial charge on any atom is 0.490 e. The van der Waals surface area contributed by atoms with Crippen LogP contribution in [-0.2, 0) is 4.74 Å². The molecule has 3 heterocycles. The van der Waals surface area contributed by atoms with Crippen LogP contribution in [0.3, 0.4) is 0 Å². The van der Waals surface area contributed by atoms with E-state index in [0.29, 0.717) is 0 Å². The Labute approximate surface area is 130 Å². The molecule has 0 aliphatic carbocycles. The number of rotatable bonds is 3. The quantitative estimate of drug-likeness (QED) is 0.317. The van der Waals surface area contributed by atoms with E-state index in [1.165, 1.54) is 24.0 Å². The molecular weight excluding hydrogens is 307 g/mol. The second-order valence-electron chi connectivity index (χ2n) is 5.70. The number of nitrogens with zero attached hydrogens (tertiary/aromatic N) is 3. The van der Waals surface area contributed by atoms with Gasteiger partial charge in [-0.3, -0.25) is 0 Å². The third-order valence-corrected chi connectivity index (χ3v) is 4.13. The lowest BCUT2D eigenvalue weighted by molar-refractivity contribution is -0.0947. The number of nitrogen functional groups attached to an aromatic ring is 1. The Morgan fingerprint density at radius 1 is 1.43 bits per heavy atom. The minimum Gasteiger partial charge on any atom is -0.423 e. The van der Waals surface area contributed by atoms with E-state index in [9.17, 15) is 25.4 Å². The molecule has 2 aromatic rings. The van der Waals surface area contributed by atoms with Crippen molar-refractivity contribution in [2.45, 2.75) is 31.0 Å². The number of aromatic nitrogens is 3. The highest BCUT2D eigenvalue weighted by Gasteiger charge is 2.53. The van der Waals surface area contributed by atoms with Gasteiger partial charge in [0.25, 0.3) is 0 Å². The lowest BCUT2D eigenvalue weighted by Gasteiger charge is -2.27. The molecular formula is C12H17BN4O6. The summed E-state index contributed by atoms with van der Waals surface area (Å²) in [4.78, 5) is 7.86. The van der Waals surface area contributed by atoms with Gasteiger partial charge >= 0.3 is 7.12 Å². The fourth-order valence-corrected chi connectivity index (χ4v) is 2.90. The largest absolute Gasteiger partial charge is 0.490 e. The molecule has 2 aromatic heterocycles. The van der Waals surface area contributed by atoms with Crippen LogP contribution in [0, 0.1) is 0 Å². The van der Waals surface area contributed by atoms with E-state index >= 15 is 0 Å². The van der Waals surface area contributed by atoms with E-state index < -0.39 is 37.8 Å². The number of ether oxygens (including phenoxy) is 1. The second kappa shape index (κ2) is 5.41. The Bertz CT molecular complexity index is 736. The molecule has 1 saturated heterocycles. The van der Waals surface area contributed by atoms with Crippen molar-refractivity contribution in [1.82, 2.24) is 14.5 Å². The summed E-state index contributed by atoms with van der Waals surface area (Å²) in [5, 5.41) is 49.1. The summed E-state index contributed by atoms with van der Waals surface area (Å²) in [6.45, 7) is 0.864.